The monoisotopic (exact) mass is 486 g/mol. The van der Waals surface area contributed by atoms with Crippen LogP contribution in [-0.2, 0) is 12.7 Å². The van der Waals surface area contributed by atoms with E-state index < -0.39 is 11.7 Å². The van der Waals surface area contributed by atoms with Crippen molar-refractivity contribution in [1.82, 2.24) is 9.78 Å². The Labute approximate surface area is 205 Å². The van der Waals surface area contributed by atoms with Crippen molar-refractivity contribution in [3.63, 3.8) is 0 Å². The van der Waals surface area contributed by atoms with Crippen LogP contribution >= 0.6 is 0 Å². The molecule has 5 rings (SSSR count). The Hall–Kier alpha value is -4.39. The standard InChI is InChI=1S/C29H21F3N2O2/c1-19(35)21-10-5-12-23(16-21)36-24-13-6-11-22(17-24)28-25-14-7-15-26(29(30,31)32)27(25)33-34(28)18-20-8-3-2-4-9-20/h2-17H,18H2,1H3. The van der Waals surface area contributed by atoms with Crippen molar-refractivity contribution in [2.45, 2.75) is 19.6 Å². The van der Waals surface area contributed by atoms with Gasteiger partial charge in [0.2, 0.25) is 0 Å². The Morgan fingerprint density at radius 3 is 2.28 bits per heavy atom. The molecule has 0 spiro atoms. The maximum Gasteiger partial charge on any atom is 0.418 e. The van der Waals surface area contributed by atoms with E-state index in [2.05, 4.69) is 5.10 Å². The summed E-state index contributed by atoms with van der Waals surface area (Å²) in [7, 11) is 0. The number of aromatic nitrogens is 2. The predicted molar refractivity (Wildman–Crippen MR) is 132 cm³/mol. The average molecular weight is 486 g/mol. The third kappa shape index (κ3) is 4.73. The second kappa shape index (κ2) is 9.34. The van der Waals surface area contributed by atoms with Gasteiger partial charge in [0.25, 0.3) is 0 Å². The third-order valence-corrected chi connectivity index (χ3v) is 5.83. The molecule has 0 atom stereocenters. The Balaban J connectivity index is 1.62. The second-order valence-corrected chi connectivity index (χ2v) is 8.41. The van der Waals surface area contributed by atoms with E-state index in [-0.39, 0.29) is 11.3 Å². The number of nitrogens with zero attached hydrogens (tertiary/aromatic N) is 2. The SMILES string of the molecule is CC(=O)c1cccc(Oc2cccc(-c3c4cccc(C(F)(F)F)c4nn3Cc3ccccc3)c2)c1. The molecule has 36 heavy (non-hydrogen) atoms. The van der Waals surface area contributed by atoms with Crippen LogP contribution in [0.2, 0.25) is 0 Å². The molecular formula is C29H21F3N2O2. The zero-order chi connectivity index (χ0) is 25.3. The number of alkyl halides is 3. The van der Waals surface area contributed by atoms with Crippen molar-refractivity contribution in [1.29, 1.82) is 0 Å². The lowest BCUT2D eigenvalue weighted by Gasteiger charge is -2.11. The fraction of sp³-hybridized carbons (Fsp3) is 0.103. The van der Waals surface area contributed by atoms with E-state index in [1.54, 1.807) is 53.2 Å². The molecule has 4 nitrogen and oxygen atoms in total. The van der Waals surface area contributed by atoms with Crippen molar-refractivity contribution in [3.8, 4) is 22.8 Å². The number of fused-ring (bicyclic) bond motifs is 1. The Kier molecular flexibility index (Phi) is 6.06. The van der Waals surface area contributed by atoms with Gasteiger partial charge in [0.05, 0.1) is 17.8 Å². The van der Waals surface area contributed by atoms with Crippen LogP contribution in [-0.4, -0.2) is 15.6 Å². The first-order valence-corrected chi connectivity index (χ1v) is 11.3. The minimum absolute atomic E-state index is 0.0778. The summed E-state index contributed by atoms with van der Waals surface area (Å²) in [6.07, 6.45) is -4.53. The number of Topliss-reactive ketones (excluding diaryl/α,β-unsaturated/α-hetero) is 1. The molecule has 0 radical (unpaired) electrons. The summed E-state index contributed by atoms with van der Waals surface area (Å²) in [6.45, 7) is 1.78. The maximum absolute atomic E-state index is 13.8. The quantitative estimate of drug-likeness (QED) is 0.230. The Morgan fingerprint density at radius 1 is 0.861 bits per heavy atom. The first-order valence-electron chi connectivity index (χ1n) is 11.3. The fourth-order valence-corrected chi connectivity index (χ4v) is 4.18. The molecule has 0 fully saturated rings. The van der Waals surface area contributed by atoms with E-state index in [0.29, 0.717) is 40.3 Å². The van der Waals surface area contributed by atoms with Crippen molar-refractivity contribution >= 4 is 16.7 Å². The highest BCUT2D eigenvalue weighted by atomic mass is 19.4. The van der Waals surface area contributed by atoms with Crippen LogP contribution in [0, 0.1) is 0 Å². The van der Waals surface area contributed by atoms with E-state index >= 15 is 0 Å². The molecule has 1 aromatic heterocycles. The third-order valence-electron chi connectivity index (χ3n) is 5.83. The van der Waals surface area contributed by atoms with Gasteiger partial charge in [0.15, 0.2) is 5.78 Å². The van der Waals surface area contributed by atoms with Crippen LogP contribution in [0.15, 0.2) is 97.1 Å². The van der Waals surface area contributed by atoms with Crippen molar-refractivity contribution in [2.75, 3.05) is 0 Å². The zero-order valence-corrected chi connectivity index (χ0v) is 19.3. The maximum atomic E-state index is 13.8. The van der Waals surface area contributed by atoms with Crippen LogP contribution in [0.4, 0.5) is 13.2 Å². The van der Waals surface area contributed by atoms with Gasteiger partial charge < -0.3 is 4.74 Å². The predicted octanol–water partition coefficient (Wildman–Crippen LogP) is 7.77. The minimum Gasteiger partial charge on any atom is -0.457 e. The highest BCUT2D eigenvalue weighted by Crippen LogP contribution is 2.39. The molecule has 0 saturated heterocycles. The van der Waals surface area contributed by atoms with Gasteiger partial charge in [0.1, 0.15) is 17.0 Å². The number of rotatable bonds is 6. The number of carbonyl (C=O) groups excluding carboxylic acids is 1. The molecule has 0 saturated carbocycles. The summed E-state index contributed by atoms with van der Waals surface area (Å²) in [5.41, 5.74) is 1.78. The molecule has 0 bridgehead atoms. The van der Waals surface area contributed by atoms with Gasteiger partial charge in [0, 0.05) is 16.5 Å². The summed E-state index contributed by atoms with van der Waals surface area (Å²) >= 11 is 0. The summed E-state index contributed by atoms with van der Waals surface area (Å²) in [6, 6.07) is 27.5. The summed E-state index contributed by atoms with van der Waals surface area (Å²) in [4.78, 5) is 11.7. The van der Waals surface area contributed by atoms with Crippen LogP contribution in [0.3, 0.4) is 0 Å². The largest absolute Gasteiger partial charge is 0.457 e. The minimum atomic E-state index is -4.53. The van der Waals surface area contributed by atoms with E-state index in [9.17, 15) is 18.0 Å². The highest BCUT2D eigenvalue weighted by molar-refractivity contribution is 5.96. The molecule has 4 aromatic carbocycles. The molecule has 0 unspecified atom stereocenters. The Bertz CT molecular complexity index is 1560. The fourth-order valence-electron chi connectivity index (χ4n) is 4.18. The molecule has 5 aromatic rings. The second-order valence-electron chi connectivity index (χ2n) is 8.41. The summed E-state index contributed by atoms with van der Waals surface area (Å²) in [5.74, 6) is 0.897. The molecule has 1 heterocycles. The summed E-state index contributed by atoms with van der Waals surface area (Å²) in [5, 5.41) is 4.81. The van der Waals surface area contributed by atoms with Crippen LogP contribution < -0.4 is 4.74 Å². The Morgan fingerprint density at radius 2 is 1.56 bits per heavy atom. The lowest BCUT2D eigenvalue weighted by Crippen LogP contribution is -2.06. The molecule has 7 heteroatoms. The number of benzene rings is 4. The first-order chi connectivity index (χ1) is 17.3. The van der Waals surface area contributed by atoms with Gasteiger partial charge in [-0.2, -0.15) is 18.3 Å². The van der Waals surface area contributed by atoms with Crippen molar-refractivity contribution < 1.29 is 22.7 Å². The van der Waals surface area contributed by atoms with Crippen molar-refractivity contribution in [2.24, 2.45) is 0 Å². The van der Waals surface area contributed by atoms with Gasteiger partial charge >= 0.3 is 6.18 Å². The van der Waals surface area contributed by atoms with E-state index in [4.69, 9.17) is 4.74 Å². The molecular weight excluding hydrogens is 465 g/mol. The number of hydrogen-bond acceptors (Lipinski definition) is 3. The van der Waals surface area contributed by atoms with Crippen LogP contribution in [0.25, 0.3) is 22.2 Å². The molecule has 0 aliphatic heterocycles. The average Bonchev–Trinajstić information content (AvgIpc) is 3.22. The van der Waals surface area contributed by atoms with Gasteiger partial charge in [-0.3, -0.25) is 9.48 Å². The molecule has 0 aliphatic carbocycles. The number of hydrogen-bond donors (Lipinski definition) is 0. The number of halogens is 3. The normalized spacial score (nSPS) is 11.6. The highest BCUT2D eigenvalue weighted by Gasteiger charge is 2.34. The molecule has 180 valence electrons. The summed E-state index contributed by atoms with van der Waals surface area (Å²) < 4.78 is 49.0. The van der Waals surface area contributed by atoms with E-state index in [1.165, 1.54) is 13.0 Å². The molecule has 0 N–H and O–H groups in total. The number of carbonyl (C=O) groups is 1. The number of ether oxygens (including phenoxy) is 1. The van der Waals surface area contributed by atoms with E-state index in [0.717, 1.165) is 11.6 Å². The molecule has 0 aliphatic rings. The topological polar surface area (TPSA) is 44.1 Å². The van der Waals surface area contributed by atoms with Crippen LogP contribution in [0.1, 0.15) is 28.4 Å². The van der Waals surface area contributed by atoms with Crippen molar-refractivity contribution in [3.05, 3.63) is 114 Å². The first kappa shape index (κ1) is 23.4. The molecule has 0 amide bonds. The lowest BCUT2D eigenvalue weighted by atomic mass is 10.0. The smallest absolute Gasteiger partial charge is 0.418 e. The van der Waals surface area contributed by atoms with Gasteiger partial charge in [-0.25, -0.2) is 0 Å². The van der Waals surface area contributed by atoms with Gasteiger partial charge in [-0.1, -0.05) is 66.7 Å². The lowest BCUT2D eigenvalue weighted by molar-refractivity contribution is -0.136. The van der Waals surface area contributed by atoms with Crippen LogP contribution in [0.5, 0.6) is 11.5 Å². The van der Waals surface area contributed by atoms with Gasteiger partial charge in [-0.05, 0) is 42.8 Å². The van der Waals surface area contributed by atoms with Gasteiger partial charge in [-0.15, -0.1) is 0 Å². The van der Waals surface area contributed by atoms with E-state index in [1.807, 2.05) is 36.4 Å². The zero-order valence-electron chi connectivity index (χ0n) is 19.3. The number of ketones is 1.